The average Bonchev–Trinajstić information content (AvgIpc) is 3.36. The minimum Gasteiger partial charge on any atom is -0.340 e. The van der Waals surface area contributed by atoms with Crippen molar-refractivity contribution in [2.45, 2.75) is 25.3 Å². The fourth-order valence-electron chi connectivity index (χ4n) is 4.58. The van der Waals surface area contributed by atoms with Gasteiger partial charge in [-0.1, -0.05) is 18.2 Å². The smallest absolute Gasteiger partial charge is 0.329 e. The second kappa shape index (κ2) is 8.11. The van der Waals surface area contributed by atoms with Gasteiger partial charge in [0.1, 0.15) is 6.54 Å². The monoisotopic (exact) mass is 430 g/mol. The summed E-state index contributed by atoms with van der Waals surface area (Å²) in [5, 5.41) is 4.21. The predicted octanol–water partition coefficient (Wildman–Crippen LogP) is 2.54. The number of carbonyl (C=O) groups is 1. The van der Waals surface area contributed by atoms with Crippen LogP contribution >= 0.6 is 0 Å². The SMILES string of the molecule is Cn1cc(-c2ccc([C@@H]3CCCN(C(=O)Cn4c(=O)n(C)c5ccccc54)C3)nc2)cn1. The van der Waals surface area contributed by atoms with Crippen molar-refractivity contribution in [3.8, 4) is 11.1 Å². The van der Waals surface area contributed by atoms with Crippen LogP contribution in [0.25, 0.3) is 22.2 Å². The number of rotatable bonds is 4. The maximum absolute atomic E-state index is 13.1. The average molecular weight is 431 g/mol. The molecule has 1 aliphatic rings. The number of amides is 1. The second-order valence-electron chi connectivity index (χ2n) is 8.47. The van der Waals surface area contributed by atoms with Crippen molar-refractivity contribution in [1.29, 1.82) is 0 Å². The van der Waals surface area contributed by atoms with Gasteiger partial charge in [0, 0.05) is 62.3 Å². The van der Waals surface area contributed by atoms with E-state index in [9.17, 15) is 9.59 Å². The zero-order valence-corrected chi connectivity index (χ0v) is 18.3. The molecule has 3 aromatic heterocycles. The molecule has 0 spiro atoms. The van der Waals surface area contributed by atoms with Gasteiger partial charge in [-0.2, -0.15) is 5.10 Å². The lowest BCUT2D eigenvalue weighted by molar-refractivity contribution is -0.133. The van der Waals surface area contributed by atoms with Crippen LogP contribution in [0.15, 0.2) is 59.8 Å². The van der Waals surface area contributed by atoms with Gasteiger partial charge in [0.25, 0.3) is 0 Å². The molecule has 8 heteroatoms. The van der Waals surface area contributed by atoms with Gasteiger partial charge in [-0.15, -0.1) is 0 Å². The van der Waals surface area contributed by atoms with Crippen LogP contribution in [-0.2, 0) is 25.4 Å². The van der Waals surface area contributed by atoms with E-state index in [0.717, 1.165) is 40.7 Å². The number of para-hydroxylation sites is 2. The molecule has 0 N–H and O–H groups in total. The summed E-state index contributed by atoms with van der Waals surface area (Å²) in [6, 6.07) is 11.7. The Kier molecular flexibility index (Phi) is 5.13. The number of aryl methyl sites for hydroxylation is 2. The van der Waals surface area contributed by atoms with Crippen molar-refractivity contribution in [3.63, 3.8) is 0 Å². The van der Waals surface area contributed by atoms with E-state index in [1.165, 1.54) is 0 Å². The highest BCUT2D eigenvalue weighted by molar-refractivity contribution is 5.81. The van der Waals surface area contributed by atoms with Crippen LogP contribution < -0.4 is 5.69 Å². The summed E-state index contributed by atoms with van der Waals surface area (Å²) in [5.74, 6) is 0.167. The standard InChI is InChI=1S/C24H26N6O2/c1-27-14-19(13-26-27)17-9-10-20(25-12-17)18-6-5-11-29(15-18)23(31)16-30-22-8-4-3-7-21(22)28(2)24(30)32/h3-4,7-10,12-14,18H,5-6,11,15-16H2,1-2H3/t18-/m1/s1. The van der Waals surface area contributed by atoms with E-state index in [2.05, 4.69) is 17.2 Å². The molecule has 1 saturated heterocycles. The molecule has 4 heterocycles. The number of nitrogens with zero attached hydrogens (tertiary/aromatic N) is 6. The topological polar surface area (TPSA) is 78.0 Å². The Balaban J connectivity index is 1.32. The lowest BCUT2D eigenvalue weighted by Crippen LogP contribution is -2.42. The molecule has 1 atom stereocenters. The summed E-state index contributed by atoms with van der Waals surface area (Å²) in [6.07, 6.45) is 7.59. The second-order valence-corrected chi connectivity index (χ2v) is 8.47. The summed E-state index contributed by atoms with van der Waals surface area (Å²) in [4.78, 5) is 32.4. The minimum absolute atomic E-state index is 0.0277. The number of benzene rings is 1. The lowest BCUT2D eigenvalue weighted by Gasteiger charge is -2.32. The Labute approximate surface area is 185 Å². The van der Waals surface area contributed by atoms with Crippen molar-refractivity contribution in [3.05, 3.63) is 71.2 Å². The molecule has 4 aromatic rings. The molecular formula is C24H26N6O2. The summed E-state index contributed by atoms with van der Waals surface area (Å²) in [6.45, 7) is 1.39. The molecule has 8 nitrogen and oxygen atoms in total. The zero-order valence-electron chi connectivity index (χ0n) is 18.3. The fourth-order valence-corrected chi connectivity index (χ4v) is 4.58. The number of hydrogen-bond acceptors (Lipinski definition) is 4. The molecule has 0 radical (unpaired) electrons. The molecule has 0 saturated carbocycles. The molecular weight excluding hydrogens is 404 g/mol. The quantitative estimate of drug-likeness (QED) is 0.499. The Hall–Kier alpha value is -3.68. The van der Waals surface area contributed by atoms with Crippen molar-refractivity contribution >= 4 is 16.9 Å². The van der Waals surface area contributed by atoms with E-state index in [1.54, 1.807) is 20.9 Å². The van der Waals surface area contributed by atoms with Crippen molar-refractivity contribution in [2.75, 3.05) is 13.1 Å². The molecule has 32 heavy (non-hydrogen) atoms. The summed E-state index contributed by atoms with van der Waals surface area (Å²) in [7, 11) is 3.63. The highest BCUT2D eigenvalue weighted by atomic mass is 16.2. The first-order valence-corrected chi connectivity index (χ1v) is 10.9. The molecule has 0 bridgehead atoms. The van der Waals surface area contributed by atoms with E-state index in [1.807, 2.05) is 54.8 Å². The number of piperidine rings is 1. The minimum atomic E-state index is -0.166. The molecule has 164 valence electrons. The predicted molar refractivity (Wildman–Crippen MR) is 122 cm³/mol. The van der Waals surface area contributed by atoms with Gasteiger partial charge in [0.05, 0.1) is 17.2 Å². The van der Waals surface area contributed by atoms with Gasteiger partial charge in [0.15, 0.2) is 0 Å². The van der Waals surface area contributed by atoms with Gasteiger partial charge < -0.3 is 4.90 Å². The summed E-state index contributed by atoms with van der Waals surface area (Å²) in [5.41, 5.74) is 4.51. The van der Waals surface area contributed by atoms with E-state index in [4.69, 9.17) is 4.98 Å². The van der Waals surface area contributed by atoms with E-state index in [-0.39, 0.29) is 24.1 Å². The Morgan fingerprint density at radius 2 is 1.88 bits per heavy atom. The van der Waals surface area contributed by atoms with Crippen LogP contribution in [0.5, 0.6) is 0 Å². The Bertz CT molecular complexity index is 1330. The maximum Gasteiger partial charge on any atom is 0.329 e. The number of likely N-dealkylation sites (tertiary alicyclic amines) is 1. The number of pyridine rings is 1. The molecule has 0 unspecified atom stereocenters. The zero-order chi connectivity index (χ0) is 22.2. The molecule has 0 aliphatic carbocycles. The molecule has 1 fully saturated rings. The largest absolute Gasteiger partial charge is 0.340 e. The highest BCUT2D eigenvalue weighted by Crippen LogP contribution is 2.27. The van der Waals surface area contributed by atoms with Crippen LogP contribution in [0.4, 0.5) is 0 Å². The first kappa shape index (κ1) is 20.2. The number of fused-ring (bicyclic) bond motifs is 1. The van der Waals surface area contributed by atoms with E-state index >= 15 is 0 Å². The third kappa shape index (κ3) is 3.62. The number of imidazole rings is 1. The van der Waals surface area contributed by atoms with Gasteiger partial charge in [0.2, 0.25) is 5.91 Å². The first-order chi connectivity index (χ1) is 15.5. The van der Waals surface area contributed by atoms with Crippen LogP contribution in [0, 0.1) is 0 Å². The summed E-state index contributed by atoms with van der Waals surface area (Å²) < 4.78 is 4.94. The van der Waals surface area contributed by atoms with Crippen LogP contribution in [-0.4, -0.2) is 47.8 Å². The van der Waals surface area contributed by atoms with Crippen LogP contribution in [0.1, 0.15) is 24.5 Å². The normalized spacial score (nSPS) is 16.6. The number of hydrogen-bond donors (Lipinski definition) is 0. The molecule has 5 rings (SSSR count). The van der Waals surface area contributed by atoms with Crippen LogP contribution in [0.3, 0.4) is 0 Å². The van der Waals surface area contributed by atoms with Crippen molar-refractivity contribution < 1.29 is 4.79 Å². The molecule has 1 aromatic carbocycles. The third-order valence-corrected chi connectivity index (χ3v) is 6.36. The maximum atomic E-state index is 13.1. The van der Waals surface area contributed by atoms with Crippen LogP contribution in [0.2, 0.25) is 0 Å². The van der Waals surface area contributed by atoms with Gasteiger partial charge >= 0.3 is 5.69 Å². The Morgan fingerprint density at radius 1 is 1.06 bits per heavy atom. The van der Waals surface area contributed by atoms with Gasteiger partial charge in [-0.3, -0.25) is 23.6 Å². The number of aromatic nitrogens is 5. The number of carbonyl (C=O) groups excluding carboxylic acids is 1. The highest BCUT2D eigenvalue weighted by Gasteiger charge is 2.26. The van der Waals surface area contributed by atoms with E-state index in [0.29, 0.717) is 13.1 Å². The third-order valence-electron chi connectivity index (χ3n) is 6.36. The molecule has 1 aliphatic heterocycles. The molecule has 1 amide bonds. The first-order valence-electron chi connectivity index (χ1n) is 10.9. The van der Waals surface area contributed by atoms with Gasteiger partial charge in [-0.05, 0) is 31.0 Å². The Morgan fingerprint density at radius 3 is 2.59 bits per heavy atom. The lowest BCUT2D eigenvalue weighted by atomic mass is 9.93. The van der Waals surface area contributed by atoms with Crippen molar-refractivity contribution in [2.24, 2.45) is 14.1 Å². The summed E-state index contributed by atoms with van der Waals surface area (Å²) >= 11 is 0. The van der Waals surface area contributed by atoms with Gasteiger partial charge in [-0.25, -0.2) is 4.79 Å². The fraction of sp³-hybridized carbons (Fsp3) is 0.333. The van der Waals surface area contributed by atoms with Crippen molar-refractivity contribution in [1.82, 2.24) is 28.8 Å². The van der Waals surface area contributed by atoms with E-state index < -0.39 is 0 Å².